The third-order valence-electron chi connectivity index (χ3n) is 3.71. The van der Waals surface area contributed by atoms with Crippen molar-refractivity contribution < 1.29 is 14.3 Å². The molecule has 0 aliphatic rings. The van der Waals surface area contributed by atoms with Gasteiger partial charge in [-0.3, -0.25) is 25.7 Å². The van der Waals surface area contributed by atoms with Gasteiger partial charge in [-0.2, -0.15) is 10.4 Å². The van der Waals surface area contributed by atoms with Crippen LogP contribution in [0.15, 0.2) is 64.1 Å². The van der Waals surface area contributed by atoms with Crippen LogP contribution in [-0.2, 0) is 0 Å². The van der Waals surface area contributed by atoms with Crippen LogP contribution in [0.2, 0.25) is 0 Å². The first-order valence-corrected chi connectivity index (χ1v) is 7.81. The number of hydrazone groups is 1. The van der Waals surface area contributed by atoms with Crippen molar-refractivity contribution in [3.63, 3.8) is 0 Å². The van der Waals surface area contributed by atoms with Gasteiger partial charge in [-0.1, -0.05) is 12.1 Å². The Kier molecular flexibility index (Phi) is 5.09. The van der Waals surface area contributed by atoms with E-state index >= 15 is 0 Å². The maximum atomic E-state index is 11.1. The second kappa shape index (κ2) is 7.79. The van der Waals surface area contributed by atoms with Crippen LogP contribution in [-0.4, -0.2) is 16.1 Å². The monoisotopic (exact) mass is 377 g/mol. The number of nitro groups is 2. The molecular formula is C18H11N5O5. The molecular weight excluding hydrogens is 366 g/mol. The molecule has 0 unspecified atom stereocenters. The Labute approximate surface area is 157 Å². The number of hydrogen-bond acceptors (Lipinski definition) is 8. The van der Waals surface area contributed by atoms with Gasteiger partial charge in [0.15, 0.2) is 0 Å². The van der Waals surface area contributed by atoms with Crippen molar-refractivity contribution in [3.05, 3.63) is 86.1 Å². The summed E-state index contributed by atoms with van der Waals surface area (Å²) in [5.74, 6) is 0.819. The number of rotatable bonds is 6. The fourth-order valence-corrected chi connectivity index (χ4v) is 2.41. The SMILES string of the molecule is N#Cc1ccccc1-c1ccc(/C=N\Nc2ccc([N+](=O)[O-])cc2[N+](=O)[O-])o1. The smallest absolute Gasteiger partial charge is 0.301 e. The molecule has 0 aliphatic carbocycles. The molecule has 10 heteroatoms. The lowest BCUT2D eigenvalue weighted by Gasteiger charge is -2.01. The van der Waals surface area contributed by atoms with Gasteiger partial charge >= 0.3 is 5.69 Å². The molecule has 1 heterocycles. The lowest BCUT2D eigenvalue weighted by Crippen LogP contribution is -1.98. The van der Waals surface area contributed by atoms with E-state index < -0.39 is 21.2 Å². The second-order valence-corrected chi connectivity index (χ2v) is 5.45. The van der Waals surface area contributed by atoms with Crippen molar-refractivity contribution in [1.29, 1.82) is 5.26 Å². The highest BCUT2D eigenvalue weighted by atomic mass is 16.6. The van der Waals surface area contributed by atoms with Crippen LogP contribution in [0, 0.1) is 31.6 Å². The number of hydrogen-bond donors (Lipinski definition) is 1. The minimum Gasteiger partial charge on any atom is -0.455 e. The summed E-state index contributed by atoms with van der Waals surface area (Å²) < 4.78 is 5.61. The van der Waals surface area contributed by atoms with Crippen molar-refractivity contribution in [2.45, 2.75) is 0 Å². The van der Waals surface area contributed by atoms with Crippen LogP contribution >= 0.6 is 0 Å². The summed E-state index contributed by atoms with van der Waals surface area (Å²) in [6, 6.07) is 15.5. The van der Waals surface area contributed by atoms with Crippen molar-refractivity contribution in [3.8, 4) is 17.4 Å². The minimum atomic E-state index is -0.741. The van der Waals surface area contributed by atoms with E-state index in [1.54, 1.807) is 36.4 Å². The standard InChI is InChI=1S/C18H11N5O5/c19-10-12-3-1-2-4-15(12)18-8-6-14(28-18)11-20-21-16-7-5-13(22(24)25)9-17(16)23(26)27/h1-9,11,21H/b20-11-. The van der Waals surface area contributed by atoms with E-state index in [1.165, 1.54) is 12.3 Å². The van der Waals surface area contributed by atoms with Crippen molar-refractivity contribution in [2.75, 3.05) is 5.43 Å². The molecule has 0 spiro atoms. The summed E-state index contributed by atoms with van der Waals surface area (Å²) >= 11 is 0. The van der Waals surface area contributed by atoms with Gasteiger partial charge < -0.3 is 4.42 Å². The molecule has 28 heavy (non-hydrogen) atoms. The summed E-state index contributed by atoms with van der Waals surface area (Å²) in [4.78, 5) is 20.4. The number of furan rings is 1. The molecule has 2 aromatic carbocycles. The molecule has 0 aliphatic heterocycles. The highest BCUT2D eigenvalue weighted by molar-refractivity contribution is 5.79. The fourth-order valence-electron chi connectivity index (χ4n) is 2.41. The maximum absolute atomic E-state index is 11.1. The first-order chi connectivity index (χ1) is 13.5. The Morgan fingerprint density at radius 2 is 1.86 bits per heavy atom. The van der Waals surface area contributed by atoms with Crippen molar-refractivity contribution in [1.82, 2.24) is 0 Å². The van der Waals surface area contributed by atoms with Crippen LogP contribution in [0.25, 0.3) is 11.3 Å². The van der Waals surface area contributed by atoms with Gasteiger partial charge in [0.25, 0.3) is 5.69 Å². The topological polar surface area (TPSA) is 148 Å². The first-order valence-electron chi connectivity index (χ1n) is 7.81. The lowest BCUT2D eigenvalue weighted by molar-refractivity contribution is -0.393. The highest BCUT2D eigenvalue weighted by Crippen LogP contribution is 2.29. The number of non-ortho nitro benzene ring substituents is 1. The Morgan fingerprint density at radius 1 is 1.07 bits per heavy atom. The van der Waals surface area contributed by atoms with Crippen LogP contribution in [0.3, 0.4) is 0 Å². The minimum absolute atomic E-state index is 0.00606. The predicted molar refractivity (Wildman–Crippen MR) is 99.8 cm³/mol. The summed E-state index contributed by atoms with van der Waals surface area (Å²) in [6.45, 7) is 0. The number of benzene rings is 2. The third-order valence-corrected chi connectivity index (χ3v) is 3.71. The lowest BCUT2D eigenvalue weighted by atomic mass is 10.1. The molecule has 10 nitrogen and oxygen atoms in total. The predicted octanol–water partition coefficient (Wildman–Crippen LogP) is 4.08. The summed E-state index contributed by atoms with van der Waals surface area (Å²) in [5.41, 5.74) is 2.68. The van der Waals surface area contributed by atoms with Gasteiger partial charge in [0.1, 0.15) is 17.2 Å². The molecule has 0 radical (unpaired) electrons. The second-order valence-electron chi connectivity index (χ2n) is 5.45. The van der Waals surface area contributed by atoms with Crippen molar-refractivity contribution in [2.24, 2.45) is 5.10 Å². The molecule has 0 atom stereocenters. The van der Waals surface area contributed by atoms with Gasteiger partial charge in [0.05, 0.1) is 33.8 Å². The van der Waals surface area contributed by atoms with Gasteiger partial charge in [0.2, 0.25) is 0 Å². The van der Waals surface area contributed by atoms with Crippen LogP contribution in [0.5, 0.6) is 0 Å². The van der Waals surface area contributed by atoms with Gasteiger partial charge in [-0.25, -0.2) is 0 Å². The number of nitro benzene ring substituents is 2. The van der Waals surface area contributed by atoms with Crippen molar-refractivity contribution >= 4 is 23.3 Å². The molecule has 0 saturated heterocycles. The zero-order valence-corrected chi connectivity index (χ0v) is 14.1. The van der Waals surface area contributed by atoms with Crippen LogP contribution < -0.4 is 5.43 Å². The molecule has 138 valence electrons. The highest BCUT2D eigenvalue weighted by Gasteiger charge is 2.19. The van der Waals surface area contributed by atoms with E-state index in [-0.39, 0.29) is 5.69 Å². The Bertz CT molecular complexity index is 1130. The summed E-state index contributed by atoms with van der Waals surface area (Å²) in [7, 11) is 0. The van der Waals surface area contributed by atoms with E-state index in [2.05, 4.69) is 16.6 Å². The zero-order chi connectivity index (χ0) is 20.1. The van der Waals surface area contributed by atoms with Crippen LogP contribution in [0.1, 0.15) is 11.3 Å². The van der Waals surface area contributed by atoms with Crippen LogP contribution in [0.4, 0.5) is 17.1 Å². The molecule has 3 rings (SSSR count). The Balaban J connectivity index is 1.79. The Morgan fingerprint density at radius 3 is 2.57 bits per heavy atom. The molecule has 0 fully saturated rings. The van der Waals surface area contributed by atoms with E-state index in [1.807, 2.05) is 0 Å². The molecule has 0 bridgehead atoms. The quantitative estimate of drug-likeness (QED) is 0.386. The molecule has 1 N–H and O–H groups in total. The normalized spacial score (nSPS) is 10.5. The van der Waals surface area contributed by atoms with Gasteiger partial charge in [-0.05, 0) is 30.3 Å². The molecule has 3 aromatic rings. The van der Waals surface area contributed by atoms with E-state index in [4.69, 9.17) is 9.68 Å². The fraction of sp³-hybridized carbons (Fsp3) is 0. The number of nitriles is 1. The van der Waals surface area contributed by atoms with E-state index in [9.17, 15) is 20.2 Å². The van der Waals surface area contributed by atoms with Gasteiger partial charge in [-0.15, -0.1) is 0 Å². The summed E-state index contributed by atoms with van der Waals surface area (Å²) in [6.07, 6.45) is 1.30. The average molecular weight is 377 g/mol. The number of nitrogens with zero attached hydrogens (tertiary/aromatic N) is 4. The van der Waals surface area contributed by atoms with E-state index in [0.29, 0.717) is 22.6 Å². The first kappa shape index (κ1) is 18.3. The largest absolute Gasteiger partial charge is 0.455 e. The third kappa shape index (κ3) is 3.83. The summed E-state index contributed by atoms with van der Waals surface area (Å²) in [5, 5.41) is 34.9. The van der Waals surface area contributed by atoms with E-state index in [0.717, 1.165) is 12.1 Å². The zero-order valence-electron chi connectivity index (χ0n) is 14.1. The molecule has 0 saturated carbocycles. The molecule has 1 aromatic heterocycles. The number of nitrogens with one attached hydrogen (secondary N) is 1. The average Bonchev–Trinajstić information content (AvgIpc) is 3.16. The van der Waals surface area contributed by atoms with Gasteiger partial charge in [0, 0.05) is 11.6 Å². The number of anilines is 1. The molecule has 0 amide bonds. The Hall–Kier alpha value is -4.52. The maximum Gasteiger partial charge on any atom is 0.301 e.